The van der Waals surface area contributed by atoms with Crippen LogP contribution < -0.4 is 4.90 Å². The highest BCUT2D eigenvalue weighted by Crippen LogP contribution is 2.26. The first-order chi connectivity index (χ1) is 9.81. The molecule has 0 amide bonds. The highest BCUT2D eigenvalue weighted by Gasteiger charge is 2.20. The highest BCUT2D eigenvalue weighted by atomic mass is 16.1. The Labute approximate surface area is 122 Å². The van der Waals surface area contributed by atoms with Crippen LogP contribution in [-0.4, -0.2) is 18.9 Å². The van der Waals surface area contributed by atoms with Gasteiger partial charge in [-0.1, -0.05) is 56.9 Å². The second-order valence-corrected chi connectivity index (χ2v) is 5.74. The zero-order valence-electron chi connectivity index (χ0n) is 12.3. The van der Waals surface area contributed by atoms with E-state index in [0.29, 0.717) is 18.2 Å². The van der Waals surface area contributed by atoms with Crippen LogP contribution in [0.15, 0.2) is 42.5 Å². The maximum absolute atomic E-state index is 11.0. The zero-order valence-corrected chi connectivity index (χ0v) is 12.3. The van der Waals surface area contributed by atoms with Crippen LogP contribution >= 0.6 is 0 Å². The van der Waals surface area contributed by atoms with E-state index in [1.807, 2.05) is 6.07 Å². The molecule has 2 nitrogen and oxygen atoms in total. The van der Waals surface area contributed by atoms with Crippen LogP contribution in [-0.2, 0) is 4.79 Å². The van der Waals surface area contributed by atoms with Gasteiger partial charge in [0.15, 0.2) is 0 Å². The monoisotopic (exact) mass is 271 g/mol. The molecule has 1 aliphatic rings. The van der Waals surface area contributed by atoms with Crippen molar-refractivity contribution in [1.82, 2.24) is 0 Å². The molecule has 0 aliphatic heterocycles. The Bertz CT molecular complexity index is 418. The summed E-state index contributed by atoms with van der Waals surface area (Å²) in [7, 11) is 0. The van der Waals surface area contributed by atoms with E-state index in [1.54, 1.807) is 0 Å². The summed E-state index contributed by atoms with van der Waals surface area (Å²) in [4.78, 5) is 13.3. The van der Waals surface area contributed by atoms with Gasteiger partial charge in [0.25, 0.3) is 0 Å². The molecule has 1 aliphatic carbocycles. The van der Waals surface area contributed by atoms with Gasteiger partial charge in [-0.25, -0.2) is 0 Å². The summed E-state index contributed by atoms with van der Waals surface area (Å²) in [5.41, 5.74) is 1.87. The molecular formula is C18H25NO. The zero-order chi connectivity index (χ0) is 14.2. The Kier molecular flexibility index (Phi) is 5.85. The smallest absolute Gasteiger partial charge is 0.147 e. The maximum Gasteiger partial charge on any atom is 0.147 e. The lowest BCUT2D eigenvalue weighted by molar-refractivity contribution is -0.104. The molecule has 1 aromatic carbocycles. The molecule has 1 saturated carbocycles. The SMILES string of the molecule is C=C(C=O)CN(c1ccccc1)C1CCCCCCC1. The number of para-hydroxylation sites is 1. The van der Waals surface area contributed by atoms with Gasteiger partial charge in [0.1, 0.15) is 6.29 Å². The number of carbonyl (C=O) groups excluding carboxylic acids is 1. The van der Waals surface area contributed by atoms with Crippen molar-refractivity contribution >= 4 is 12.0 Å². The van der Waals surface area contributed by atoms with E-state index >= 15 is 0 Å². The third-order valence-corrected chi connectivity index (χ3v) is 4.14. The largest absolute Gasteiger partial charge is 0.364 e. The number of benzene rings is 1. The van der Waals surface area contributed by atoms with Crippen LogP contribution in [0.4, 0.5) is 5.69 Å². The first-order valence-electron chi connectivity index (χ1n) is 7.76. The first-order valence-corrected chi connectivity index (χ1v) is 7.76. The van der Waals surface area contributed by atoms with Gasteiger partial charge in [-0.15, -0.1) is 0 Å². The number of nitrogens with zero attached hydrogens (tertiary/aromatic N) is 1. The quantitative estimate of drug-likeness (QED) is 0.586. The minimum atomic E-state index is 0.536. The summed E-state index contributed by atoms with van der Waals surface area (Å²) >= 11 is 0. The maximum atomic E-state index is 11.0. The van der Waals surface area contributed by atoms with E-state index in [1.165, 1.54) is 50.6 Å². The number of hydrogen-bond donors (Lipinski definition) is 0. The van der Waals surface area contributed by atoms with E-state index in [2.05, 4.69) is 35.7 Å². The van der Waals surface area contributed by atoms with Gasteiger partial charge in [-0.3, -0.25) is 4.79 Å². The lowest BCUT2D eigenvalue weighted by atomic mass is 9.95. The predicted molar refractivity (Wildman–Crippen MR) is 85.1 cm³/mol. The molecule has 2 heteroatoms. The molecule has 0 N–H and O–H groups in total. The number of rotatable bonds is 5. The fourth-order valence-electron chi connectivity index (χ4n) is 3.05. The molecule has 1 fully saturated rings. The van der Waals surface area contributed by atoms with Crippen molar-refractivity contribution < 1.29 is 4.79 Å². The van der Waals surface area contributed by atoms with Crippen LogP contribution in [0.2, 0.25) is 0 Å². The van der Waals surface area contributed by atoms with E-state index in [-0.39, 0.29) is 0 Å². The molecule has 0 aromatic heterocycles. The summed E-state index contributed by atoms with van der Waals surface area (Å²) in [6.45, 7) is 4.52. The van der Waals surface area contributed by atoms with Crippen molar-refractivity contribution in [1.29, 1.82) is 0 Å². The van der Waals surface area contributed by atoms with Crippen molar-refractivity contribution in [3.05, 3.63) is 42.5 Å². The Hall–Kier alpha value is -1.57. The van der Waals surface area contributed by atoms with Crippen LogP contribution in [0.25, 0.3) is 0 Å². The summed E-state index contributed by atoms with van der Waals surface area (Å²) in [5.74, 6) is 0. The normalized spacial score (nSPS) is 17.0. The van der Waals surface area contributed by atoms with Crippen LogP contribution in [0.5, 0.6) is 0 Å². The average Bonchev–Trinajstić information content (AvgIpc) is 2.46. The Morgan fingerprint density at radius 1 is 1.10 bits per heavy atom. The van der Waals surface area contributed by atoms with E-state index in [4.69, 9.17) is 0 Å². The summed E-state index contributed by atoms with van der Waals surface area (Å²) in [6.07, 6.45) is 9.98. The fourth-order valence-corrected chi connectivity index (χ4v) is 3.05. The molecule has 0 saturated heterocycles. The van der Waals surface area contributed by atoms with Crippen molar-refractivity contribution in [3.63, 3.8) is 0 Å². The average molecular weight is 271 g/mol. The first kappa shape index (κ1) is 14.8. The van der Waals surface area contributed by atoms with Crippen LogP contribution in [0, 0.1) is 0 Å². The van der Waals surface area contributed by atoms with Gasteiger partial charge < -0.3 is 4.90 Å². The van der Waals surface area contributed by atoms with Gasteiger partial charge in [0.2, 0.25) is 0 Å². The fraction of sp³-hybridized carbons (Fsp3) is 0.500. The topological polar surface area (TPSA) is 20.3 Å². The number of aldehydes is 1. The van der Waals surface area contributed by atoms with Crippen LogP contribution in [0.3, 0.4) is 0 Å². The molecule has 0 atom stereocenters. The van der Waals surface area contributed by atoms with Crippen LogP contribution in [0.1, 0.15) is 44.9 Å². The molecule has 2 rings (SSSR count). The molecule has 0 bridgehead atoms. The molecule has 0 spiro atoms. The van der Waals surface area contributed by atoms with Crippen molar-refractivity contribution in [2.45, 2.75) is 51.0 Å². The Balaban J connectivity index is 2.15. The predicted octanol–water partition coefficient (Wildman–Crippen LogP) is 4.36. The highest BCUT2D eigenvalue weighted by molar-refractivity contribution is 5.74. The lowest BCUT2D eigenvalue weighted by Crippen LogP contribution is -2.37. The molecule has 20 heavy (non-hydrogen) atoms. The standard InChI is InChI=1S/C18H25NO/c1-16(15-20)14-19(18-12-8-5-9-13-18)17-10-6-3-2-4-7-11-17/h5,8-9,12-13,15,17H,1-4,6-7,10-11,14H2. The molecule has 1 aromatic rings. The van der Waals surface area contributed by atoms with Gasteiger partial charge in [-0.2, -0.15) is 0 Å². The third-order valence-electron chi connectivity index (χ3n) is 4.14. The van der Waals surface area contributed by atoms with E-state index in [0.717, 1.165) is 6.29 Å². The van der Waals surface area contributed by atoms with Crippen molar-refractivity contribution in [2.24, 2.45) is 0 Å². The van der Waals surface area contributed by atoms with Gasteiger partial charge in [0.05, 0.1) is 0 Å². The summed E-state index contributed by atoms with van der Waals surface area (Å²) < 4.78 is 0. The molecule has 0 unspecified atom stereocenters. The number of hydrogen-bond acceptors (Lipinski definition) is 2. The van der Waals surface area contributed by atoms with Gasteiger partial charge in [0, 0.05) is 23.8 Å². The van der Waals surface area contributed by atoms with Crippen molar-refractivity contribution in [2.75, 3.05) is 11.4 Å². The minimum absolute atomic E-state index is 0.536. The van der Waals surface area contributed by atoms with Crippen molar-refractivity contribution in [3.8, 4) is 0 Å². The second kappa shape index (κ2) is 7.88. The minimum Gasteiger partial charge on any atom is -0.364 e. The number of carbonyl (C=O) groups is 1. The number of anilines is 1. The molecular weight excluding hydrogens is 246 g/mol. The lowest BCUT2D eigenvalue weighted by Gasteiger charge is -2.35. The second-order valence-electron chi connectivity index (χ2n) is 5.74. The van der Waals surface area contributed by atoms with E-state index < -0.39 is 0 Å². The third kappa shape index (κ3) is 4.22. The van der Waals surface area contributed by atoms with Gasteiger partial charge >= 0.3 is 0 Å². The Morgan fingerprint density at radius 3 is 2.30 bits per heavy atom. The van der Waals surface area contributed by atoms with E-state index in [9.17, 15) is 4.79 Å². The molecule has 0 radical (unpaired) electrons. The van der Waals surface area contributed by atoms with Gasteiger partial charge in [-0.05, 0) is 25.0 Å². The molecule has 0 heterocycles. The molecule has 108 valence electrons. The summed E-state index contributed by atoms with van der Waals surface area (Å²) in [6, 6.07) is 11.0. The summed E-state index contributed by atoms with van der Waals surface area (Å²) in [5, 5.41) is 0. The Morgan fingerprint density at radius 2 is 1.70 bits per heavy atom.